The summed E-state index contributed by atoms with van der Waals surface area (Å²) in [7, 11) is 1.90. The van der Waals surface area contributed by atoms with Crippen molar-refractivity contribution in [3.8, 4) is 6.07 Å². The van der Waals surface area contributed by atoms with Crippen LogP contribution in [0.15, 0.2) is 59.8 Å². The number of hydrogen-bond acceptors (Lipinski definition) is 5. The highest BCUT2D eigenvalue weighted by molar-refractivity contribution is 8.00. The van der Waals surface area contributed by atoms with E-state index in [0.29, 0.717) is 22.8 Å². The van der Waals surface area contributed by atoms with Crippen LogP contribution in [0.4, 0.5) is 5.69 Å². The molecule has 0 fully saturated rings. The number of amides is 1. The number of carbonyl (C=O) groups excluding carboxylic acids is 1. The summed E-state index contributed by atoms with van der Waals surface area (Å²) in [6.07, 6.45) is 0.682. The average molecular weight is 377 g/mol. The topological polar surface area (TPSA) is 83.6 Å². The maximum Gasteiger partial charge on any atom is 0.237 e. The molecule has 0 bridgehead atoms. The van der Waals surface area contributed by atoms with Gasteiger partial charge in [-0.05, 0) is 24.6 Å². The summed E-state index contributed by atoms with van der Waals surface area (Å²) in [5, 5.41) is 20.7. The minimum Gasteiger partial charge on any atom is -0.324 e. The number of hydrogen-bond donors (Lipinski definition) is 1. The maximum absolute atomic E-state index is 12.5. The van der Waals surface area contributed by atoms with Gasteiger partial charge in [0.15, 0.2) is 5.16 Å². The average Bonchev–Trinajstić information content (AvgIpc) is 3.02. The molecule has 0 aliphatic heterocycles. The standard InChI is InChI=1S/C20H19N5OS/c1-14(19(26)22-17-11-7-6-10-16(17)13-21)27-20-24-23-18(25(20)2)12-15-8-4-3-5-9-15/h3-11,14H,12H2,1-2H3,(H,22,26)/t14-/m1/s1. The van der Waals surface area contributed by atoms with Gasteiger partial charge in [0.25, 0.3) is 0 Å². The van der Waals surface area contributed by atoms with E-state index >= 15 is 0 Å². The number of para-hydroxylation sites is 1. The van der Waals surface area contributed by atoms with Crippen LogP contribution in [0.5, 0.6) is 0 Å². The Balaban J connectivity index is 1.66. The molecule has 3 aromatic rings. The molecule has 1 N–H and O–H groups in total. The third kappa shape index (κ3) is 4.54. The van der Waals surface area contributed by atoms with Gasteiger partial charge in [0.1, 0.15) is 11.9 Å². The van der Waals surface area contributed by atoms with E-state index in [1.807, 2.05) is 41.9 Å². The fourth-order valence-electron chi connectivity index (χ4n) is 2.52. The largest absolute Gasteiger partial charge is 0.324 e. The molecule has 0 aliphatic carbocycles. The van der Waals surface area contributed by atoms with E-state index in [9.17, 15) is 4.79 Å². The molecule has 7 heteroatoms. The number of aromatic nitrogens is 3. The van der Waals surface area contributed by atoms with Gasteiger partial charge in [-0.3, -0.25) is 4.79 Å². The second-order valence-electron chi connectivity index (χ2n) is 6.03. The molecule has 1 amide bonds. The summed E-state index contributed by atoms with van der Waals surface area (Å²) < 4.78 is 1.91. The van der Waals surface area contributed by atoms with Crippen molar-refractivity contribution in [1.29, 1.82) is 5.26 Å². The van der Waals surface area contributed by atoms with E-state index in [-0.39, 0.29) is 11.2 Å². The Kier molecular flexibility index (Phi) is 5.89. The van der Waals surface area contributed by atoms with Gasteiger partial charge in [0, 0.05) is 13.5 Å². The number of nitrogens with zero attached hydrogens (tertiary/aromatic N) is 4. The Morgan fingerprint density at radius 3 is 2.63 bits per heavy atom. The second kappa shape index (κ2) is 8.52. The molecule has 0 spiro atoms. The first-order valence-electron chi connectivity index (χ1n) is 8.47. The van der Waals surface area contributed by atoms with Crippen molar-refractivity contribution in [3.05, 3.63) is 71.5 Å². The quantitative estimate of drug-likeness (QED) is 0.666. The SMILES string of the molecule is C[C@@H](Sc1nnc(Cc2ccccc2)n1C)C(=O)Nc1ccccc1C#N. The van der Waals surface area contributed by atoms with Crippen LogP contribution in [-0.2, 0) is 18.3 Å². The molecule has 6 nitrogen and oxygen atoms in total. The molecular formula is C20H19N5OS. The summed E-state index contributed by atoms with van der Waals surface area (Å²) in [5.74, 6) is 0.654. The van der Waals surface area contributed by atoms with E-state index in [1.165, 1.54) is 11.8 Å². The lowest BCUT2D eigenvalue weighted by molar-refractivity contribution is -0.115. The van der Waals surface area contributed by atoms with Crippen molar-refractivity contribution < 1.29 is 4.79 Å². The van der Waals surface area contributed by atoms with E-state index in [4.69, 9.17) is 5.26 Å². The fraction of sp³-hybridized carbons (Fsp3) is 0.200. The molecule has 1 atom stereocenters. The van der Waals surface area contributed by atoms with Crippen molar-refractivity contribution in [3.63, 3.8) is 0 Å². The van der Waals surface area contributed by atoms with Gasteiger partial charge in [-0.15, -0.1) is 10.2 Å². The summed E-state index contributed by atoms with van der Waals surface area (Å²) in [6.45, 7) is 1.81. The normalized spacial score (nSPS) is 11.6. The van der Waals surface area contributed by atoms with E-state index in [0.717, 1.165) is 11.4 Å². The second-order valence-corrected chi connectivity index (χ2v) is 7.33. The zero-order chi connectivity index (χ0) is 19.2. The lowest BCUT2D eigenvalue weighted by atomic mass is 10.1. The Bertz CT molecular complexity index is 978. The van der Waals surface area contributed by atoms with Crippen LogP contribution in [-0.4, -0.2) is 25.9 Å². The van der Waals surface area contributed by atoms with Crippen LogP contribution < -0.4 is 5.32 Å². The van der Waals surface area contributed by atoms with Crippen LogP contribution in [0, 0.1) is 11.3 Å². The third-order valence-electron chi connectivity index (χ3n) is 4.09. The van der Waals surface area contributed by atoms with Crippen LogP contribution in [0.3, 0.4) is 0 Å². The first kappa shape index (κ1) is 18.7. The predicted molar refractivity (Wildman–Crippen MR) is 105 cm³/mol. The van der Waals surface area contributed by atoms with Gasteiger partial charge < -0.3 is 9.88 Å². The molecule has 0 radical (unpaired) electrons. The molecule has 0 saturated carbocycles. The van der Waals surface area contributed by atoms with Gasteiger partial charge in [-0.2, -0.15) is 5.26 Å². The van der Waals surface area contributed by atoms with Crippen molar-refractivity contribution in [1.82, 2.24) is 14.8 Å². The molecule has 3 rings (SSSR count). The molecule has 136 valence electrons. The van der Waals surface area contributed by atoms with E-state index in [2.05, 4.69) is 21.6 Å². The number of rotatable bonds is 6. The van der Waals surface area contributed by atoms with Crippen molar-refractivity contribution >= 4 is 23.4 Å². The Morgan fingerprint density at radius 1 is 1.19 bits per heavy atom. The van der Waals surface area contributed by atoms with Gasteiger partial charge in [-0.25, -0.2) is 0 Å². The maximum atomic E-state index is 12.5. The number of nitrogens with one attached hydrogen (secondary N) is 1. The van der Waals surface area contributed by atoms with Gasteiger partial charge >= 0.3 is 0 Å². The highest BCUT2D eigenvalue weighted by Crippen LogP contribution is 2.24. The van der Waals surface area contributed by atoms with Crippen molar-refractivity contribution in [2.75, 3.05) is 5.32 Å². The molecule has 27 heavy (non-hydrogen) atoms. The number of anilines is 1. The Labute approximate surface area is 162 Å². The predicted octanol–water partition coefficient (Wildman–Crippen LogP) is 3.40. The lowest BCUT2D eigenvalue weighted by Crippen LogP contribution is -2.23. The highest BCUT2D eigenvalue weighted by Gasteiger charge is 2.19. The number of carbonyl (C=O) groups is 1. The number of nitriles is 1. The summed E-state index contributed by atoms with van der Waals surface area (Å²) in [6, 6.07) is 19.1. The number of benzene rings is 2. The number of thioether (sulfide) groups is 1. The Hall–Kier alpha value is -3.11. The molecule has 1 heterocycles. The smallest absolute Gasteiger partial charge is 0.237 e. The lowest BCUT2D eigenvalue weighted by Gasteiger charge is -2.12. The molecular weight excluding hydrogens is 358 g/mol. The minimum absolute atomic E-state index is 0.185. The first-order valence-corrected chi connectivity index (χ1v) is 9.35. The van der Waals surface area contributed by atoms with Crippen molar-refractivity contribution in [2.45, 2.75) is 23.8 Å². The molecule has 2 aromatic carbocycles. The van der Waals surface area contributed by atoms with E-state index < -0.39 is 0 Å². The molecule has 1 aromatic heterocycles. The molecule has 0 unspecified atom stereocenters. The Morgan fingerprint density at radius 2 is 1.89 bits per heavy atom. The van der Waals surface area contributed by atoms with Crippen LogP contribution >= 0.6 is 11.8 Å². The summed E-state index contributed by atoms with van der Waals surface area (Å²) in [4.78, 5) is 12.5. The van der Waals surface area contributed by atoms with E-state index in [1.54, 1.807) is 31.2 Å². The summed E-state index contributed by atoms with van der Waals surface area (Å²) in [5.41, 5.74) is 2.11. The zero-order valence-corrected chi connectivity index (χ0v) is 15.9. The summed E-state index contributed by atoms with van der Waals surface area (Å²) >= 11 is 1.34. The van der Waals surface area contributed by atoms with Gasteiger partial charge in [0.05, 0.1) is 16.5 Å². The minimum atomic E-state index is -0.385. The zero-order valence-electron chi connectivity index (χ0n) is 15.1. The van der Waals surface area contributed by atoms with Crippen LogP contribution in [0.2, 0.25) is 0 Å². The fourth-order valence-corrected chi connectivity index (χ4v) is 3.35. The monoisotopic (exact) mass is 377 g/mol. The molecule has 0 saturated heterocycles. The van der Waals surface area contributed by atoms with Gasteiger partial charge in [0.2, 0.25) is 5.91 Å². The first-order chi connectivity index (χ1) is 13.1. The van der Waals surface area contributed by atoms with Crippen molar-refractivity contribution in [2.24, 2.45) is 7.05 Å². The molecule has 0 aliphatic rings. The third-order valence-corrected chi connectivity index (χ3v) is 5.22. The van der Waals surface area contributed by atoms with Crippen LogP contribution in [0.25, 0.3) is 0 Å². The van der Waals surface area contributed by atoms with Crippen LogP contribution in [0.1, 0.15) is 23.9 Å². The highest BCUT2D eigenvalue weighted by atomic mass is 32.2. The van der Waals surface area contributed by atoms with Gasteiger partial charge in [-0.1, -0.05) is 54.2 Å².